The Morgan fingerprint density at radius 1 is 1.53 bits per heavy atom. The van der Waals surface area contributed by atoms with Crippen LogP contribution in [-0.2, 0) is 0 Å². The minimum absolute atomic E-state index is 0.0232. The molecule has 80 valence electrons. The van der Waals surface area contributed by atoms with E-state index in [-0.39, 0.29) is 10.8 Å². The molecule has 1 aromatic carbocycles. The lowest BCUT2D eigenvalue weighted by molar-refractivity contribution is -0.522. The average molecular weight is 207 g/mol. The highest BCUT2D eigenvalue weighted by Gasteiger charge is 2.32. The Hall–Kier alpha value is -1.58. The quantitative estimate of drug-likeness (QED) is 0.552. The summed E-state index contributed by atoms with van der Waals surface area (Å²) in [6.07, 6.45) is 0.721. The van der Waals surface area contributed by atoms with Crippen LogP contribution >= 0.6 is 0 Å². The largest absolute Gasteiger partial charge is 0.493 e. The van der Waals surface area contributed by atoms with Crippen LogP contribution in [0.2, 0.25) is 0 Å². The Bertz CT molecular complexity index is 378. The van der Waals surface area contributed by atoms with Crippen LogP contribution in [0.3, 0.4) is 0 Å². The lowest BCUT2D eigenvalue weighted by Gasteiger charge is -2.26. The van der Waals surface area contributed by atoms with E-state index in [9.17, 15) is 10.1 Å². The first-order valence-corrected chi connectivity index (χ1v) is 5.05. The van der Waals surface area contributed by atoms with Gasteiger partial charge >= 0.3 is 0 Å². The molecule has 4 heteroatoms. The number of nitro groups is 1. The van der Waals surface area contributed by atoms with E-state index in [2.05, 4.69) is 0 Å². The van der Waals surface area contributed by atoms with Crippen molar-refractivity contribution in [1.82, 2.24) is 0 Å². The van der Waals surface area contributed by atoms with Gasteiger partial charge in [-0.1, -0.05) is 18.2 Å². The molecule has 0 saturated carbocycles. The third-order valence-electron chi connectivity index (χ3n) is 2.92. The molecule has 1 aromatic rings. The summed E-state index contributed by atoms with van der Waals surface area (Å²) in [6, 6.07) is 7.02. The standard InChI is InChI=1S/C11H13NO3/c1-8(12(13)14)9-6-7-15-11-5-3-2-4-10(9)11/h2-5,8-9H,6-7H2,1H3/t8-,9-/m1/s1. The molecule has 0 fully saturated rings. The Balaban J connectivity index is 2.33. The molecular formula is C11H13NO3. The van der Waals surface area contributed by atoms with Crippen molar-refractivity contribution < 1.29 is 9.66 Å². The molecule has 2 rings (SSSR count). The lowest BCUT2D eigenvalue weighted by atomic mass is 9.88. The third-order valence-corrected chi connectivity index (χ3v) is 2.92. The van der Waals surface area contributed by atoms with E-state index in [1.54, 1.807) is 6.92 Å². The fourth-order valence-electron chi connectivity index (χ4n) is 2.02. The van der Waals surface area contributed by atoms with Crippen molar-refractivity contribution in [2.24, 2.45) is 0 Å². The molecule has 0 unspecified atom stereocenters. The molecule has 15 heavy (non-hydrogen) atoms. The Kier molecular flexibility index (Phi) is 2.58. The van der Waals surface area contributed by atoms with Crippen LogP contribution in [0, 0.1) is 10.1 Å². The predicted octanol–water partition coefficient (Wildman–Crippen LogP) is 2.22. The van der Waals surface area contributed by atoms with Gasteiger partial charge in [0.15, 0.2) is 0 Å². The maximum atomic E-state index is 10.8. The first-order chi connectivity index (χ1) is 7.20. The summed E-state index contributed by atoms with van der Waals surface area (Å²) in [5, 5.41) is 10.8. The number of fused-ring (bicyclic) bond motifs is 1. The van der Waals surface area contributed by atoms with Crippen molar-refractivity contribution in [2.45, 2.75) is 25.3 Å². The summed E-state index contributed by atoms with van der Waals surface area (Å²) in [6.45, 7) is 2.23. The van der Waals surface area contributed by atoms with Crippen LogP contribution in [-0.4, -0.2) is 17.6 Å². The number of rotatable bonds is 2. The van der Waals surface area contributed by atoms with Gasteiger partial charge in [-0.3, -0.25) is 10.1 Å². The smallest absolute Gasteiger partial charge is 0.217 e. The molecule has 0 saturated heterocycles. The van der Waals surface area contributed by atoms with Crippen molar-refractivity contribution in [2.75, 3.05) is 6.61 Å². The van der Waals surface area contributed by atoms with Gasteiger partial charge in [0.2, 0.25) is 6.04 Å². The molecule has 0 bridgehead atoms. The Morgan fingerprint density at radius 3 is 3.00 bits per heavy atom. The number of nitrogens with zero attached hydrogens (tertiary/aromatic N) is 1. The molecule has 2 atom stereocenters. The van der Waals surface area contributed by atoms with E-state index in [1.807, 2.05) is 24.3 Å². The Morgan fingerprint density at radius 2 is 2.27 bits per heavy atom. The lowest BCUT2D eigenvalue weighted by Crippen LogP contribution is -2.28. The van der Waals surface area contributed by atoms with Gasteiger partial charge < -0.3 is 4.74 Å². The van der Waals surface area contributed by atoms with Crippen LogP contribution in [0.1, 0.15) is 24.8 Å². The second-order valence-corrected chi connectivity index (χ2v) is 3.81. The van der Waals surface area contributed by atoms with Crippen LogP contribution in [0.5, 0.6) is 5.75 Å². The average Bonchev–Trinajstić information content (AvgIpc) is 2.27. The van der Waals surface area contributed by atoms with Gasteiger partial charge in [-0.2, -0.15) is 0 Å². The molecule has 0 aliphatic carbocycles. The molecule has 1 heterocycles. The van der Waals surface area contributed by atoms with Crippen molar-refractivity contribution >= 4 is 0 Å². The fourth-order valence-corrected chi connectivity index (χ4v) is 2.02. The Labute approximate surface area is 88.0 Å². The van der Waals surface area contributed by atoms with Gasteiger partial charge in [-0.25, -0.2) is 0 Å². The van der Waals surface area contributed by atoms with E-state index in [0.717, 1.165) is 17.7 Å². The first-order valence-electron chi connectivity index (χ1n) is 5.05. The topological polar surface area (TPSA) is 52.4 Å². The fraction of sp³-hybridized carbons (Fsp3) is 0.455. The minimum Gasteiger partial charge on any atom is -0.493 e. The molecule has 0 aromatic heterocycles. The number of benzene rings is 1. The molecular weight excluding hydrogens is 194 g/mol. The van der Waals surface area contributed by atoms with Crippen molar-refractivity contribution in [3.05, 3.63) is 39.9 Å². The number of para-hydroxylation sites is 1. The van der Waals surface area contributed by atoms with E-state index >= 15 is 0 Å². The van der Waals surface area contributed by atoms with Crippen molar-refractivity contribution in [1.29, 1.82) is 0 Å². The van der Waals surface area contributed by atoms with Gasteiger partial charge in [-0.15, -0.1) is 0 Å². The van der Waals surface area contributed by atoms with Crippen LogP contribution in [0.25, 0.3) is 0 Å². The normalized spacial score (nSPS) is 21.3. The van der Waals surface area contributed by atoms with E-state index in [4.69, 9.17) is 4.74 Å². The highest BCUT2D eigenvalue weighted by Crippen LogP contribution is 2.36. The number of ether oxygens (including phenoxy) is 1. The highest BCUT2D eigenvalue weighted by molar-refractivity contribution is 5.38. The van der Waals surface area contributed by atoms with Gasteiger partial charge in [0.25, 0.3) is 0 Å². The predicted molar refractivity (Wildman–Crippen MR) is 55.8 cm³/mol. The zero-order valence-electron chi connectivity index (χ0n) is 8.55. The molecule has 0 N–H and O–H groups in total. The summed E-state index contributed by atoms with van der Waals surface area (Å²) in [5.74, 6) is 0.771. The van der Waals surface area contributed by atoms with Gasteiger partial charge in [0, 0.05) is 17.4 Å². The summed E-state index contributed by atoms with van der Waals surface area (Å²) in [5.41, 5.74) is 0.966. The first kappa shape index (κ1) is 9.96. The van der Waals surface area contributed by atoms with E-state index in [1.165, 1.54) is 0 Å². The summed E-state index contributed by atoms with van der Waals surface area (Å²) in [4.78, 5) is 10.6. The van der Waals surface area contributed by atoms with Gasteiger partial charge in [0.05, 0.1) is 12.5 Å². The molecule has 0 amide bonds. The molecule has 1 aliphatic heterocycles. The third kappa shape index (κ3) is 1.79. The van der Waals surface area contributed by atoms with Crippen LogP contribution in [0.4, 0.5) is 0 Å². The summed E-state index contributed by atoms with van der Waals surface area (Å²) >= 11 is 0. The van der Waals surface area contributed by atoms with Gasteiger partial charge in [-0.05, 0) is 12.5 Å². The summed E-state index contributed by atoms with van der Waals surface area (Å²) in [7, 11) is 0. The van der Waals surface area contributed by atoms with E-state index in [0.29, 0.717) is 6.61 Å². The SMILES string of the molecule is C[C@H]([C@H]1CCOc2ccccc21)[N+](=O)[O-]. The monoisotopic (exact) mass is 207 g/mol. The highest BCUT2D eigenvalue weighted by atomic mass is 16.6. The molecule has 0 radical (unpaired) electrons. The molecule has 4 nitrogen and oxygen atoms in total. The van der Waals surface area contributed by atoms with Crippen LogP contribution in [0.15, 0.2) is 24.3 Å². The molecule has 0 spiro atoms. The zero-order chi connectivity index (χ0) is 10.8. The minimum atomic E-state index is -0.546. The number of hydrogen-bond donors (Lipinski definition) is 0. The maximum Gasteiger partial charge on any atom is 0.217 e. The number of hydrogen-bond acceptors (Lipinski definition) is 3. The van der Waals surface area contributed by atoms with Crippen molar-refractivity contribution in [3.63, 3.8) is 0 Å². The van der Waals surface area contributed by atoms with Gasteiger partial charge in [0.1, 0.15) is 5.75 Å². The van der Waals surface area contributed by atoms with Crippen LogP contribution < -0.4 is 4.74 Å². The zero-order valence-corrected chi connectivity index (χ0v) is 8.55. The maximum absolute atomic E-state index is 10.8. The second kappa shape index (κ2) is 3.88. The van der Waals surface area contributed by atoms with Crippen molar-refractivity contribution in [3.8, 4) is 5.75 Å². The summed E-state index contributed by atoms with van der Waals surface area (Å²) < 4.78 is 5.46. The second-order valence-electron chi connectivity index (χ2n) is 3.81. The molecule has 1 aliphatic rings. The van der Waals surface area contributed by atoms with E-state index < -0.39 is 6.04 Å².